The lowest BCUT2D eigenvalue weighted by Crippen LogP contribution is -2.22. The first-order valence-corrected chi connectivity index (χ1v) is 9.53. The average Bonchev–Trinajstić information content (AvgIpc) is 2.73. The molecule has 1 aromatic heterocycles. The van der Waals surface area contributed by atoms with E-state index in [9.17, 15) is 9.18 Å². The minimum absolute atomic E-state index is 0.149. The molecule has 0 aliphatic rings. The van der Waals surface area contributed by atoms with Crippen molar-refractivity contribution in [2.45, 2.75) is 20.8 Å². The molecular formula is C22H24FN5O. The first-order valence-electron chi connectivity index (χ1n) is 9.53. The molecule has 0 aliphatic heterocycles. The van der Waals surface area contributed by atoms with E-state index in [2.05, 4.69) is 39.3 Å². The Labute approximate surface area is 169 Å². The van der Waals surface area contributed by atoms with Gasteiger partial charge in [0.2, 0.25) is 5.95 Å². The number of halogens is 1. The SMILES string of the molecule is CCN(CC)c1ccc(NC(=O)c2ccnc(Nc3ccccc3F)n2)c(C)c1. The van der Waals surface area contributed by atoms with E-state index in [0.29, 0.717) is 5.69 Å². The predicted molar refractivity (Wildman–Crippen MR) is 114 cm³/mol. The first-order chi connectivity index (χ1) is 14.0. The highest BCUT2D eigenvalue weighted by atomic mass is 19.1. The van der Waals surface area contributed by atoms with Gasteiger partial charge >= 0.3 is 0 Å². The highest BCUT2D eigenvalue weighted by molar-refractivity contribution is 6.03. The van der Waals surface area contributed by atoms with E-state index in [1.165, 1.54) is 18.3 Å². The van der Waals surface area contributed by atoms with Crippen molar-refractivity contribution in [2.75, 3.05) is 28.6 Å². The molecule has 0 bridgehead atoms. The number of anilines is 4. The van der Waals surface area contributed by atoms with E-state index in [0.717, 1.165) is 24.3 Å². The fraction of sp³-hybridized carbons (Fsp3) is 0.227. The molecule has 0 saturated heterocycles. The maximum Gasteiger partial charge on any atom is 0.274 e. The van der Waals surface area contributed by atoms with Crippen LogP contribution >= 0.6 is 0 Å². The van der Waals surface area contributed by atoms with Crippen LogP contribution in [0, 0.1) is 12.7 Å². The van der Waals surface area contributed by atoms with Gasteiger partial charge in [0.05, 0.1) is 5.69 Å². The molecule has 150 valence electrons. The molecule has 2 aromatic carbocycles. The van der Waals surface area contributed by atoms with Crippen molar-refractivity contribution < 1.29 is 9.18 Å². The molecule has 0 unspecified atom stereocenters. The number of nitrogens with one attached hydrogen (secondary N) is 2. The van der Waals surface area contributed by atoms with Crippen molar-refractivity contribution in [1.29, 1.82) is 0 Å². The van der Waals surface area contributed by atoms with Crippen LogP contribution in [0.1, 0.15) is 29.9 Å². The number of amides is 1. The number of rotatable bonds is 7. The zero-order valence-corrected chi connectivity index (χ0v) is 16.7. The van der Waals surface area contributed by atoms with E-state index in [-0.39, 0.29) is 23.2 Å². The van der Waals surface area contributed by atoms with E-state index >= 15 is 0 Å². The molecule has 3 rings (SSSR count). The summed E-state index contributed by atoms with van der Waals surface area (Å²) in [5.74, 6) is -0.631. The molecule has 0 radical (unpaired) electrons. The van der Waals surface area contributed by atoms with Gasteiger partial charge in [-0.2, -0.15) is 0 Å². The van der Waals surface area contributed by atoms with Crippen LogP contribution in [0.15, 0.2) is 54.7 Å². The minimum Gasteiger partial charge on any atom is -0.372 e. The molecule has 29 heavy (non-hydrogen) atoms. The maximum absolute atomic E-state index is 13.8. The Bertz CT molecular complexity index is 1000. The van der Waals surface area contributed by atoms with Crippen LogP contribution in [0.2, 0.25) is 0 Å². The second kappa shape index (κ2) is 9.14. The van der Waals surface area contributed by atoms with Crippen LogP contribution in [0.4, 0.5) is 27.4 Å². The second-order valence-corrected chi connectivity index (χ2v) is 6.50. The molecule has 0 atom stereocenters. The Morgan fingerprint density at radius 3 is 2.52 bits per heavy atom. The number of para-hydroxylation sites is 1. The van der Waals surface area contributed by atoms with Gasteiger partial charge in [-0.3, -0.25) is 4.79 Å². The van der Waals surface area contributed by atoms with Gasteiger partial charge in [0, 0.05) is 30.7 Å². The predicted octanol–water partition coefficient (Wildman–Crippen LogP) is 4.77. The number of nitrogens with zero attached hydrogens (tertiary/aromatic N) is 3. The Morgan fingerprint density at radius 1 is 1.07 bits per heavy atom. The number of aromatic nitrogens is 2. The maximum atomic E-state index is 13.8. The molecular weight excluding hydrogens is 369 g/mol. The largest absolute Gasteiger partial charge is 0.372 e. The summed E-state index contributed by atoms with van der Waals surface area (Å²) >= 11 is 0. The van der Waals surface area contributed by atoms with Crippen molar-refractivity contribution in [2.24, 2.45) is 0 Å². The van der Waals surface area contributed by atoms with Crippen molar-refractivity contribution in [3.8, 4) is 0 Å². The molecule has 0 saturated carbocycles. The normalized spacial score (nSPS) is 10.5. The fourth-order valence-electron chi connectivity index (χ4n) is 2.99. The molecule has 6 nitrogen and oxygen atoms in total. The number of carbonyl (C=O) groups excluding carboxylic acids is 1. The molecule has 0 spiro atoms. The third kappa shape index (κ3) is 4.87. The Balaban J connectivity index is 1.75. The number of hydrogen-bond acceptors (Lipinski definition) is 5. The van der Waals surface area contributed by atoms with Gasteiger partial charge in [-0.15, -0.1) is 0 Å². The fourth-order valence-corrected chi connectivity index (χ4v) is 2.99. The van der Waals surface area contributed by atoms with Crippen molar-refractivity contribution in [3.63, 3.8) is 0 Å². The van der Waals surface area contributed by atoms with Crippen molar-refractivity contribution in [3.05, 3.63) is 71.8 Å². The van der Waals surface area contributed by atoms with E-state index in [1.54, 1.807) is 18.2 Å². The van der Waals surface area contributed by atoms with Crippen molar-refractivity contribution in [1.82, 2.24) is 9.97 Å². The topological polar surface area (TPSA) is 70.2 Å². The van der Waals surface area contributed by atoms with E-state index < -0.39 is 5.82 Å². The van der Waals surface area contributed by atoms with Gasteiger partial charge in [-0.05, 0) is 62.7 Å². The van der Waals surface area contributed by atoms with E-state index in [4.69, 9.17) is 0 Å². The summed E-state index contributed by atoms with van der Waals surface area (Å²) < 4.78 is 13.8. The van der Waals surface area contributed by atoms with Crippen LogP contribution in [-0.4, -0.2) is 29.0 Å². The van der Waals surface area contributed by atoms with Crippen LogP contribution in [-0.2, 0) is 0 Å². The van der Waals surface area contributed by atoms with E-state index in [1.807, 2.05) is 25.1 Å². The summed E-state index contributed by atoms with van der Waals surface area (Å²) in [6.07, 6.45) is 1.46. The Morgan fingerprint density at radius 2 is 1.83 bits per heavy atom. The average molecular weight is 393 g/mol. The first kappa shape index (κ1) is 20.3. The Kier molecular flexibility index (Phi) is 6.39. The standard InChI is InChI=1S/C22H24FN5O/c1-4-28(5-2)16-10-11-18(15(3)14-16)25-21(29)20-12-13-24-22(27-20)26-19-9-7-6-8-17(19)23/h6-14H,4-5H2,1-3H3,(H,25,29)(H,24,26,27). The van der Waals surface area contributed by atoms with Gasteiger partial charge in [0.1, 0.15) is 11.5 Å². The van der Waals surface area contributed by atoms with Crippen LogP contribution in [0.25, 0.3) is 0 Å². The molecule has 1 heterocycles. The summed E-state index contributed by atoms with van der Waals surface area (Å²) in [5, 5.41) is 5.67. The van der Waals surface area contributed by atoms with Crippen molar-refractivity contribution >= 4 is 28.9 Å². The zero-order chi connectivity index (χ0) is 20.8. The lowest BCUT2D eigenvalue weighted by molar-refractivity contribution is 0.102. The zero-order valence-electron chi connectivity index (χ0n) is 16.7. The highest BCUT2D eigenvalue weighted by Crippen LogP contribution is 2.23. The number of aryl methyl sites for hydroxylation is 1. The number of carbonyl (C=O) groups is 1. The van der Waals surface area contributed by atoms with Gasteiger partial charge in [-0.25, -0.2) is 14.4 Å². The smallest absolute Gasteiger partial charge is 0.274 e. The minimum atomic E-state index is -0.421. The van der Waals surface area contributed by atoms with Gasteiger partial charge < -0.3 is 15.5 Å². The van der Waals surface area contributed by atoms with Gasteiger partial charge in [0.15, 0.2) is 0 Å². The second-order valence-electron chi connectivity index (χ2n) is 6.50. The highest BCUT2D eigenvalue weighted by Gasteiger charge is 2.12. The summed E-state index contributed by atoms with van der Waals surface area (Å²) in [6.45, 7) is 8.00. The lowest BCUT2D eigenvalue weighted by Gasteiger charge is -2.22. The number of benzene rings is 2. The van der Waals surface area contributed by atoms with Crippen LogP contribution in [0.3, 0.4) is 0 Å². The number of hydrogen-bond donors (Lipinski definition) is 2. The summed E-state index contributed by atoms with van der Waals surface area (Å²) in [6, 6.07) is 13.7. The molecule has 0 aliphatic carbocycles. The molecule has 7 heteroatoms. The third-order valence-electron chi connectivity index (χ3n) is 4.60. The summed E-state index contributed by atoms with van der Waals surface area (Å²) in [7, 11) is 0. The molecule has 3 aromatic rings. The summed E-state index contributed by atoms with van der Waals surface area (Å²) in [5.41, 5.74) is 3.22. The quantitative estimate of drug-likeness (QED) is 0.605. The monoisotopic (exact) mass is 393 g/mol. The third-order valence-corrected chi connectivity index (χ3v) is 4.60. The molecule has 1 amide bonds. The lowest BCUT2D eigenvalue weighted by atomic mass is 10.1. The van der Waals surface area contributed by atoms with Crippen LogP contribution in [0.5, 0.6) is 0 Å². The molecule has 2 N–H and O–H groups in total. The van der Waals surface area contributed by atoms with Gasteiger partial charge in [-0.1, -0.05) is 12.1 Å². The Hall–Kier alpha value is -3.48. The summed E-state index contributed by atoms with van der Waals surface area (Å²) in [4.78, 5) is 23.2. The molecule has 0 fully saturated rings. The van der Waals surface area contributed by atoms with Crippen LogP contribution < -0.4 is 15.5 Å². The van der Waals surface area contributed by atoms with Gasteiger partial charge in [0.25, 0.3) is 5.91 Å².